The van der Waals surface area contributed by atoms with Crippen molar-refractivity contribution in [3.63, 3.8) is 0 Å². The summed E-state index contributed by atoms with van der Waals surface area (Å²) in [6.45, 7) is 0.691. The summed E-state index contributed by atoms with van der Waals surface area (Å²) in [4.78, 5) is 0. The predicted molar refractivity (Wildman–Crippen MR) is 43.3 cm³/mol. The summed E-state index contributed by atoms with van der Waals surface area (Å²) in [7, 11) is 0. The van der Waals surface area contributed by atoms with Gasteiger partial charge in [-0.15, -0.1) is 0 Å². The minimum atomic E-state index is -2.19. The highest BCUT2D eigenvalue weighted by atomic mass is 19.3. The molecule has 1 N–H and O–H groups in total. The largest absolute Gasteiger partial charge is 0.311 e. The molecule has 0 aromatic heterocycles. The first kappa shape index (κ1) is 8.42. The molecule has 0 atom stereocenters. The Morgan fingerprint density at radius 3 is 2.42 bits per heavy atom. The van der Waals surface area contributed by atoms with Crippen LogP contribution in [-0.4, -0.2) is 19.5 Å². The zero-order valence-corrected chi connectivity index (χ0v) is 7.15. The maximum Gasteiger partial charge on any atom is 0.250 e. The number of hydrogen-bond donors (Lipinski definition) is 1. The van der Waals surface area contributed by atoms with E-state index in [9.17, 15) is 8.78 Å². The van der Waals surface area contributed by atoms with E-state index in [1.54, 1.807) is 0 Å². The Kier molecular flexibility index (Phi) is 2.07. The molecule has 2 saturated carbocycles. The molecule has 2 fully saturated rings. The topological polar surface area (TPSA) is 12.0 Å². The Morgan fingerprint density at radius 1 is 1.33 bits per heavy atom. The summed E-state index contributed by atoms with van der Waals surface area (Å²) in [5.41, 5.74) is 0.453. The second-order valence-corrected chi connectivity index (χ2v) is 4.16. The molecule has 0 aromatic carbocycles. The fourth-order valence-electron chi connectivity index (χ4n) is 2.02. The van der Waals surface area contributed by atoms with Gasteiger partial charge in [0.25, 0.3) is 6.43 Å². The van der Waals surface area contributed by atoms with Crippen molar-refractivity contribution in [2.45, 2.75) is 32.1 Å². The van der Waals surface area contributed by atoms with Gasteiger partial charge < -0.3 is 5.32 Å². The van der Waals surface area contributed by atoms with Crippen LogP contribution in [0.2, 0.25) is 0 Å². The summed E-state index contributed by atoms with van der Waals surface area (Å²) in [5, 5.41) is 2.86. The lowest BCUT2D eigenvalue weighted by atomic mass is 10.0. The minimum absolute atomic E-state index is 0.130. The quantitative estimate of drug-likeness (QED) is 0.674. The third kappa shape index (κ3) is 1.76. The summed E-state index contributed by atoms with van der Waals surface area (Å²) < 4.78 is 23.6. The average Bonchev–Trinajstić information content (AvgIpc) is 2.82. The fourth-order valence-corrected chi connectivity index (χ4v) is 2.02. The van der Waals surface area contributed by atoms with Gasteiger partial charge in [-0.25, -0.2) is 8.78 Å². The van der Waals surface area contributed by atoms with Crippen LogP contribution in [0.25, 0.3) is 0 Å². The Bertz CT molecular complexity index is 162. The second-order valence-electron chi connectivity index (χ2n) is 4.16. The SMILES string of the molecule is FC(F)CNCC1(C2CC2)CC1. The van der Waals surface area contributed by atoms with Crippen molar-refractivity contribution in [3.05, 3.63) is 0 Å². The third-order valence-electron chi connectivity index (χ3n) is 3.11. The first-order chi connectivity index (χ1) is 5.73. The van der Waals surface area contributed by atoms with Crippen LogP contribution in [-0.2, 0) is 0 Å². The van der Waals surface area contributed by atoms with Crippen LogP contribution in [0.4, 0.5) is 8.78 Å². The van der Waals surface area contributed by atoms with Crippen molar-refractivity contribution >= 4 is 0 Å². The first-order valence-electron chi connectivity index (χ1n) is 4.72. The van der Waals surface area contributed by atoms with E-state index in [1.807, 2.05) is 0 Å². The van der Waals surface area contributed by atoms with Crippen LogP contribution < -0.4 is 5.32 Å². The van der Waals surface area contributed by atoms with Crippen LogP contribution in [0, 0.1) is 11.3 Å². The molecule has 0 aliphatic heterocycles. The molecule has 12 heavy (non-hydrogen) atoms. The molecule has 2 rings (SSSR count). The lowest BCUT2D eigenvalue weighted by Crippen LogP contribution is -2.29. The van der Waals surface area contributed by atoms with Gasteiger partial charge in [0.05, 0.1) is 6.54 Å². The lowest BCUT2D eigenvalue weighted by Gasteiger charge is -2.14. The van der Waals surface area contributed by atoms with Gasteiger partial charge in [0.1, 0.15) is 0 Å². The van der Waals surface area contributed by atoms with Crippen molar-refractivity contribution in [3.8, 4) is 0 Å². The van der Waals surface area contributed by atoms with Crippen LogP contribution in [0.15, 0.2) is 0 Å². The van der Waals surface area contributed by atoms with Gasteiger partial charge in [0.15, 0.2) is 0 Å². The van der Waals surface area contributed by atoms with E-state index < -0.39 is 6.43 Å². The molecule has 0 saturated heterocycles. The summed E-state index contributed by atoms with van der Waals surface area (Å²) in [6, 6.07) is 0. The molecule has 1 nitrogen and oxygen atoms in total. The molecule has 0 radical (unpaired) electrons. The molecule has 0 bridgehead atoms. The van der Waals surface area contributed by atoms with E-state index in [-0.39, 0.29) is 6.54 Å². The highest BCUT2D eigenvalue weighted by Crippen LogP contribution is 2.60. The number of alkyl halides is 2. The third-order valence-corrected chi connectivity index (χ3v) is 3.11. The Hall–Kier alpha value is -0.180. The molecule has 0 unspecified atom stereocenters. The van der Waals surface area contributed by atoms with E-state index >= 15 is 0 Å². The van der Waals surface area contributed by atoms with Crippen LogP contribution in [0.3, 0.4) is 0 Å². The predicted octanol–water partition coefficient (Wildman–Crippen LogP) is 2.03. The van der Waals surface area contributed by atoms with Gasteiger partial charge in [-0.3, -0.25) is 0 Å². The molecule has 2 aliphatic rings. The highest BCUT2D eigenvalue weighted by molar-refractivity contribution is 5.04. The molecule has 0 amide bonds. The van der Waals surface area contributed by atoms with Crippen LogP contribution in [0.1, 0.15) is 25.7 Å². The number of rotatable bonds is 5. The van der Waals surface area contributed by atoms with E-state index in [2.05, 4.69) is 5.32 Å². The first-order valence-corrected chi connectivity index (χ1v) is 4.72. The summed E-state index contributed by atoms with van der Waals surface area (Å²) in [6.07, 6.45) is 2.98. The van der Waals surface area contributed by atoms with Gasteiger partial charge in [0, 0.05) is 6.54 Å². The molecule has 3 heteroatoms. The van der Waals surface area contributed by atoms with Crippen molar-refractivity contribution < 1.29 is 8.78 Å². The van der Waals surface area contributed by atoms with E-state index in [0.29, 0.717) is 5.41 Å². The van der Waals surface area contributed by atoms with Gasteiger partial charge in [-0.05, 0) is 37.0 Å². The normalized spacial score (nSPS) is 26.2. The molecular weight excluding hydrogens is 160 g/mol. The lowest BCUT2D eigenvalue weighted by molar-refractivity contribution is 0.142. The van der Waals surface area contributed by atoms with E-state index in [0.717, 1.165) is 12.5 Å². The molecule has 0 heterocycles. The second kappa shape index (κ2) is 2.95. The van der Waals surface area contributed by atoms with Crippen molar-refractivity contribution in [1.82, 2.24) is 5.32 Å². The smallest absolute Gasteiger partial charge is 0.250 e. The van der Waals surface area contributed by atoms with Crippen molar-refractivity contribution in [2.75, 3.05) is 13.1 Å². The standard InChI is InChI=1S/C9H15F2N/c10-8(11)5-12-6-9(3-4-9)7-1-2-7/h7-8,12H,1-6H2. The van der Waals surface area contributed by atoms with Crippen LogP contribution in [0.5, 0.6) is 0 Å². The maximum atomic E-state index is 11.8. The Morgan fingerprint density at radius 2 is 2.00 bits per heavy atom. The van der Waals surface area contributed by atoms with Crippen molar-refractivity contribution in [1.29, 1.82) is 0 Å². The minimum Gasteiger partial charge on any atom is -0.311 e. The zero-order chi connectivity index (χ0) is 8.60. The molecule has 0 spiro atoms. The molecule has 70 valence electrons. The summed E-state index contributed by atoms with van der Waals surface area (Å²) in [5.74, 6) is 0.864. The highest BCUT2D eigenvalue weighted by Gasteiger charge is 2.53. The fraction of sp³-hybridized carbons (Fsp3) is 1.00. The molecule has 0 aromatic rings. The van der Waals surface area contributed by atoms with E-state index in [4.69, 9.17) is 0 Å². The van der Waals surface area contributed by atoms with E-state index in [1.165, 1.54) is 25.7 Å². The number of halogens is 2. The number of nitrogens with one attached hydrogen (secondary N) is 1. The van der Waals surface area contributed by atoms with Crippen LogP contribution >= 0.6 is 0 Å². The van der Waals surface area contributed by atoms with Gasteiger partial charge in [-0.2, -0.15) is 0 Å². The number of hydrogen-bond acceptors (Lipinski definition) is 1. The Balaban J connectivity index is 1.65. The van der Waals surface area contributed by atoms with Crippen molar-refractivity contribution in [2.24, 2.45) is 11.3 Å². The molecular formula is C9H15F2N. The summed E-state index contributed by atoms with van der Waals surface area (Å²) >= 11 is 0. The molecule has 2 aliphatic carbocycles. The monoisotopic (exact) mass is 175 g/mol. The zero-order valence-electron chi connectivity index (χ0n) is 7.15. The average molecular weight is 175 g/mol. The Labute approximate surface area is 71.5 Å². The van der Waals surface area contributed by atoms with Gasteiger partial charge >= 0.3 is 0 Å². The maximum absolute atomic E-state index is 11.8. The van der Waals surface area contributed by atoms with Gasteiger partial charge in [-0.1, -0.05) is 0 Å². The van der Waals surface area contributed by atoms with Gasteiger partial charge in [0.2, 0.25) is 0 Å².